The van der Waals surface area contributed by atoms with Gasteiger partial charge in [-0.15, -0.1) is 0 Å². The van der Waals surface area contributed by atoms with Crippen molar-refractivity contribution in [3.8, 4) is 11.5 Å². The fraction of sp³-hybridized carbons (Fsp3) is 0.460. The number of carbonyl (C=O) groups excluding carboxylic acids is 7. The second-order valence-electron chi connectivity index (χ2n) is 21.8. The fourth-order valence-corrected chi connectivity index (χ4v) is 9.96. The molecule has 5 amide bonds. The number of nitrogens with one attached hydrogen (secondary N) is 6. The van der Waals surface area contributed by atoms with Crippen molar-refractivity contribution in [1.82, 2.24) is 31.2 Å². The van der Waals surface area contributed by atoms with Crippen molar-refractivity contribution in [2.45, 2.75) is 155 Å². The van der Waals surface area contributed by atoms with Gasteiger partial charge in [-0.1, -0.05) is 152 Å². The Morgan fingerprint density at radius 2 is 1.51 bits per heavy atom. The first-order chi connectivity index (χ1) is 39.8. The van der Waals surface area contributed by atoms with Gasteiger partial charge in [-0.25, -0.2) is 4.79 Å². The lowest BCUT2D eigenvalue weighted by Crippen LogP contribution is -2.62. The molecule has 0 radical (unpaired) electrons. The Morgan fingerprint density at radius 3 is 2.18 bits per heavy atom. The molecule has 0 unspecified atom stereocenters. The van der Waals surface area contributed by atoms with Crippen LogP contribution in [0.2, 0.25) is 0 Å². The topological polar surface area (TPSA) is 279 Å². The van der Waals surface area contributed by atoms with Gasteiger partial charge in [0, 0.05) is 31.1 Å². The Morgan fingerprint density at radius 1 is 0.831 bits per heavy atom. The van der Waals surface area contributed by atoms with E-state index in [0.29, 0.717) is 41.0 Å². The van der Waals surface area contributed by atoms with E-state index in [4.69, 9.17) is 14.2 Å². The first-order valence-electron chi connectivity index (χ1n) is 28.7. The number of hydrazone groups is 1. The molecule has 8 N–H and O–H groups in total. The number of amides is 5. The number of ether oxygens (including phenoxy) is 3. The summed E-state index contributed by atoms with van der Waals surface area (Å²) in [6.45, 7) is 11.0. The third-order valence-electron chi connectivity index (χ3n) is 15.0. The molecular weight excluding hydrogens is 1060 g/mol. The summed E-state index contributed by atoms with van der Waals surface area (Å²) in [5.41, 5.74) is 4.33. The molecule has 1 aliphatic rings. The number of esters is 2. The normalized spacial score (nSPS) is 20.3. The number of aromatic nitrogens is 1. The predicted octanol–water partition coefficient (Wildman–Crippen LogP) is 8.10. The van der Waals surface area contributed by atoms with Gasteiger partial charge in [0.05, 0.1) is 36.9 Å². The van der Waals surface area contributed by atoms with Crippen molar-refractivity contribution in [2.75, 3.05) is 26.2 Å². The van der Waals surface area contributed by atoms with E-state index in [9.17, 15) is 34.2 Å². The highest BCUT2D eigenvalue weighted by Gasteiger charge is 2.43. The number of likely N-dealkylation sites (N-methyl/N-ethyl adjacent to an activating group) is 1. The fourth-order valence-electron chi connectivity index (χ4n) is 9.96. The average Bonchev–Trinajstić information content (AvgIpc) is 4.04. The van der Waals surface area contributed by atoms with Crippen LogP contribution in [0.4, 0.5) is 5.69 Å². The summed E-state index contributed by atoms with van der Waals surface area (Å²) < 4.78 is 17.3. The molecular formula is C63H82N8O12. The first-order valence-corrected chi connectivity index (χ1v) is 28.7. The van der Waals surface area contributed by atoms with Gasteiger partial charge in [0.2, 0.25) is 23.6 Å². The molecule has 1 saturated heterocycles. The number of carbonyl (C=O) groups is 7. The highest BCUT2D eigenvalue weighted by molar-refractivity contribution is 6.38. The number of aliphatic hydroxyl groups excluding tert-OH is 1. The number of H-pyrrole nitrogens is 1. The van der Waals surface area contributed by atoms with Crippen LogP contribution in [0.3, 0.4) is 0 Å². The SMILES string of the molecule is CC[C@H](C)[C@@H]1NC(=O)[C@@H](NC(=O)C(C)=NNc2ccc(O)cc2C(=O)OCCCCCCCCCC(C)C)[C@@H](c2ccccc2)OC(=O)C[C@H](C)NC(=O)[C@@H](Cc2c[nH]c3c(OC)cccc23)NC(=O)[C@H]([C@@H](O)c2ccccc2)N(C)C1=O. The predicted molar refractivity (Wildman–Crippen MR) is 316 cm³/mol. The van der Waals surface area contributed by atoms with Crippen LogP contribution in [0.25, 0.3) is 10.9 Å². The third kappa shape index (κ3) is 17.9. The van der Waals surface area contributed by atoms with Crippen LogP contribution in [0.5, 0.6) is 11.5 Å². The maximum atomic E-state index is 15.2. The number of benzene rings is 4. The molecule has 2 heterocycles. The molecule has 446 valence electrons. The maximum Gasteiger partial charge on any atom is 0.340 e. The number of methoxy groups -OCH3 is 1. The van der Waals surface area contributed by atoms with Crippen molar-refractivity contribution in [1.29, 1.82) is 0 Å². The summed E-state index contributed by atoms with van der Waals surface area (Å²) in [5.74, 6) is -5.55. The molecule has 0 saturated carbocycles. The van der Waals surface area contributed by atoms with Crippen LogP contribution >= 0.6 is 0 Å². The summed E-state index contributed by atoms with van der Waals surface area (Å²) in [7, 11) is 2.84. The monoisotopic (exact) mass is 1140 g/mol. The zero-order valence-corrected chi connectivity index (χ0v) is 48.9. The number of hydrogen-bond acceptors (Lipinski definition) is 14. The lowest BCUT2D eigenvalue weighted by molar-refractivity contribution is -0.155. The van der Waals surface area contributed by atoms with Gasteiger partial charge in [-0.05, 0) is 73.1 Å². The third-order valence-corrected chi connectivity index (χ3v) is 15.0. The highest BCUT2D eigenvalue weighted by atomic mass is 16.5. The molecule has 0 spiro atoms. The van der Waals surface area contributed by atoms with Crippen LogP contribution in [0.15, 0.2) is 108 Å². The number of para-hydroxylation sites is 1. The van der Waals surface area contributed by atoms with E-state index in [-0.39, 0.29) is 46.9 Å². The number of aromatic hydroxyl groups is 1. The lowest BCUT2D eigenvalue weighted by atomic mass is 9.94. The number of rotatable bonds is 23. The van der Waals surface area contributed by atoms with Crippen molar-refractivity contribution < 1.29 is 58.0 Å². The van der Waals surface area contributed by atoms with E-state index in [1.165, 1.54) is 58.5 Å². The zero-order chi connectivity index (χ0) is 60.2. The number of nitrogens with zero attached hydrogens (tertiary/aromatic N) is 2. The zero-order valence-electron chi connectivity index (χ0n) is 48.9. The summed E-state index contributed by atoms with van der Waals surface area (Å²) in [6.07, 6.45) is 6.72. The van der Waals surface area contributed by atoms with Crippen molar-refractivity contribution in [2.24, 2.45) is 16.9 Å². The van der Waals surface area contributed by atoms with Gasteiger partial charge in [-0.2, -0.15) is 5.10 Å². The first kappa shape index (κ1) is 63.9. The summed E-state index contributed by atoms with van der Waals surface area (Å²) in [4.78, 5) is 106. The number of aliphatic hydroxyl groups is 1. The number of fused-ring (bicyclic) bond motifs is 1. The summed E-state index contributed by atoms with van der Waals surface area (Å²) >= 11 is 0. The van der Waals surface area contributed by atoms with Crippen molar-refractivity contribution in [3.63, 3.8) is 0 Å². The molecule has 6 rings (SSSR count). The second kappa shape index (κ2) is 31.2. The average molecular weight is 1140 g/mol. The second-order valence-corrected chi connectivity index (χ2v) is 21.8. The number of phenols is 1. The number of cyclic esters (lactones) is 1. The van der Waals surface area contributed by atoms with E-state index in [1.807, 2.05) is 6.07 Å². The van der Waals surface area contributed by atoms with Crippen molar-refractivity contribution >= 4 is 63.8 Å². The van der Waals surface area contributed by atoms with Gasteiger partial charge < -0.3 is 55.6 Å². The maximum absolute atomic E-state index is 15.2. The molecule has 4 aromatic carbocycles. The van der Waals surface area contributed by atoms with Gasteiger partial charge in [0.15, 0.2) is 6.10 Å². The number of unbranched alkanes of at least 4 members (excludes halogenated alkanes) is 6. The molecule has 0 aliphatic carbocycles. The summed E-state index contributed by atoms with van der Waals surface area (Å²) in [5, 5.41) is 38.6. The van der Waals surface area contributed by atoms with Crippen LogP contribution in [-0.2, 0) is 44.7 Å². The minimum Gasteiger partial charge on any atom is -0.508 e. The largest absolute Gasteiger partial charge is 0.508 e. The number of aromatic amines is 1. The quantitative estimate of drug-likeness (QED) is 0.0101. The van der Waals surface area contributed by atoms with E-state index in [0.717, 1.165) is 30.6 Å². The van der Waals surface area contributed by atoms with Crippen LogP contribution in [0.1, 0.15) is 145 Å². The Hall–Kier alpha value is -8.26. The smallest absolute Gasteiger partial charge is 0.340 e. The van der Waals surface area contributed by atoms with Gasteiger partial charge >= 0.3 is 11.9 Å². The summed E-state index contributed by atoms with van der Waals surface area (Å²) in [6, 6.07) is 18.5. The number of hydrogen-bond donors (Lipinski definition) is 8. The molecule has 0 bridgehead atoms. The van der Waals surface area contributed by atoms with Crippen LogP contribution < -0.4 is 31.4 Å². The molecule has 1 aliphatic heterocycles. The standard InChI is InChI=1S/C63H82N8O12/c1-9-39(4)52-62(79)71(7)55(56(74)42-25-18-15-19-26-42)61(78)66-49(35-44-37-64-53-46(44)29-23-30-50(53)81-8)59(76)65-40(5)34-51(73)83-57(43-27-20-16-21-28-43)54(60(77)67-52)68-58(75)41(6)69-70-48-32-31-45(72)36-47(48)63(80)82-33-22-14-12-10-11-13-17-24-38(2)3/h15-16,18-21,23,25-32,36-40,49,52,54-57,64,70,72,74H,9-14,17,22,24,33-35H2,1-8H3,(H,65,76)(H,66,78)(H,67,77)(H,68,75)/t39-,40-,49+,52-,54-,55-,56-,57+/m0/s1. The molecule has 8 atom stereocenters. The lowest BCUT2D eigenvalue weighted by Gasteiger charge is -2.36. The number of anilines is 1. The van der Waals surface area contributed by atoms with Crippen molar-refractivity contribution in [3.05, 3.63) is 126 Å². The van der Waals surface area contributed by atoms with E-state index in [1.54, 1.807) is 99.8 Å². The Balaban J connectivity index is 1.32. The molecule has 5 aromatic rings. The van der Waals surface area contributed by atoms with E-state index >= 15 is 9.59 Å². The Labute approximate surface area is 485 Å². The minimum atomic E-state index is -1.78. The van der Waals surface area contributed by atoms with Gasteiger partial charge in [0.25, 0.3) is 5.91 Å². The molecule has 20 nitrogen and oxygen atoms in total. The van der Waals surface area contributed by atoms with E-state index < -0.39 is 96.2 Å². The molecule has 83 heavy (non-hydrogen) atoms. The molecule has 1 fully saturated rings. The minimum absolute atomic E-state index is 0.0474. The molecule has 1 aromatic heterocycles. The van der Waals surface area contributed by atoms with Gasteiger partial charge in [-0.3, -0.25) is 34.2 Å². The van der Waals surface area contributed by atoms with Gasteiger partial charge in [0.1, 0.15) is 47.5 Å². The Bertz CT molecular complexity index is 3020. The van der Waals surface area contributed by atoms with Crippen LogP contribution in [-0.4, -0.2) is 118 Å². The Kier molecular flexibility index (Phi) is 24.1. The highest BCUT2D eigenvalue weighted by Crippen LogP contribution is 2.30. The van der Waals surface area contributed by atoms with E-state index in [2.05, 4.69) is 50.6 Å². The molecule has 20 heteroatoms. The van der Waals surface area contributed by atoms with Crippen LogP contribution in [0, 0.1) is 11.8 Å². The number of phenolic OH excluding ortho intramolecular Hbond substituents is 1.